The highest BCUT2D eigenvalue weighted by Gasteiger charge is 2.19. The van der Waals surface area contributed by atoms with Crippen LogP contribution in [-0.4, -0.2) is 32.4 Å². The number of aryl methyl sites for hydroxylation is 2. The second-order valence-electron chi connectivity index (χ2n) is 8.56. The van der Waals surface area contributed by atoms with Crippen LogP contribution in [-0.2, 0) is 22.6 Å². The summed E-state index contributed by atoms with van der Waals surface area (Å²) in [5, 5.41) is 17.8. The van der Waals surface area contributed by atoms with Crippen molar-refractivity contribution >= 4 is 39.9 Å². The molecule has 0 spiro atoms. The Labute approximate surface area is 228 Å². The average molecular weight is 550 g/mol. The summed E-state index contributed by atoms with van der Waals surface area (Å²) in [6.45, 7) is 3.73. The second-order valence-corrected chi connectivity index (χ2v) is 8.56. The topological polar surface area (TPSA) is 163 Å². The first-order valence-electron chi connectivity index (χ1n) is 11.5. The molecule has 0 aliphatic heterocycles. The summed E-state index contributed by atoms with van der Waals surface area (Å²) in [6, 6.07) is 14.7. The van der Waals surface area contributed by atoms with Gasteiger partial charge in [0.25, 0.3) is 17.2 Å². The molecule has 2 aromatic heterocycles. The molecule has 0 bridgehead atoms. The fourth-order valence-corrected chi connectivity index (χ4v) is 3.69. The summed E-state index contributed by atoms with van der Waals surface area (Å²) in [5.74, 6) is -1.11. The van der Waals surface area contributed by atoms with E-state index in [0.29, 0.717) is 11.2 Å². The van der Waals surface area contributed by atoms with Crippen LogP contribution in [0.3, 0.4) is 0 Å². The number of nitro benzene ring substituents is 1. The minimum Gasteiger partial charge on any atom is -1.00 e. The van der Waals surface area contributed by atoms with E-state index < -0.39 is 22.3 Å². The van der Waals surface area contributed by atoms with Crippen molar-refractivity contribution in [1.82, 2.24) is 15.4 Å². The Kier molecular flexibility index (Phi) is 9.18. The number of benzene rings is 2. The molecule has 3 N–H and O–H groups in total. The molecule has 0 saturated heterocycles. The fourth-order valence-electron chi connectivity index (χ4n) is 3.69. The SMILES string of the molecule is Cc1ccc(NC(=O)C(Cc2nc3ccc([N+](=O)[O-])cc3[nH]c2=O)=NNC(=O)C[n+]2ccccc2)c(C)c1.[Cl-]. The first-order valence-corrected chi connectivity index (χ1v) is 11.5. The van der Waals surface area contributed by atoms with Crippen molar-refractivity contribution in [3.05, 3.63) is 104 Å². The summed E-state index contributed by atoms with van der Waals surface area (Å²) in [4.78, 5) is 55.7. The molecule has 0 saturated carbocycles. The summed E-state index contributed by atoms with van der Waals surface area (Å²) >= 11 is 0. The van der Waals surface area contributed by atoms with Crippen LogP contribution < -0.4 is 33.3 Å². The van der Waals surface area contributed by atoms with Crippen LogP contribution in [0.15, 0.2) is 76.9 Å². The number of fused-ring (bicyclic) bond motifs is 1. The predicted molar refractivity (Wildman–Crippen MR) is 139 cm³/mol. The Morgan fingerprint density at radius 2 is 1.85 bits per heavy atom. The number of hydrogen-bond donors (Lipinski definition) is 3. The third kappa shape index (κ3) is 7.29. The molecule has 12 nitrogen and oxygen atoms in total. The lowest BCUT2D eigenvalue weighted by atomic mass is 10.1. The Morgan fingerprint density at radius 1 is 1.10 bits per heavy atom. The van der Waals surface area contributed by atoms with Gasteiger partial charge in [0.2, 0.25) is 6.54 Å². The zero-order chi connectivity index (χ0) is 27.2. The lowest BCUT2D eigenvalue weighted by Crippen LogP contribution is -3.00. The lowest BCUT2D eigenvalue weighted by Gasteiger charge is -2.11. The number of carbonyl (C=O) groups is 2. The van der Waals surface area contributed by atoms with Crippen LogP contribution >= 0.6 is 0 Å². The standard InChI is InChI=1S/C26H23N7O5.ClH/c1-16-6-8-19(17(2)12-16)28-26(36)23(30-31-24(34)15-32-10-4-3-5-11-32)14-22-25(35)29-21-13-18(33(37)38)7-9-20(21)27-22;/h3-13H,14-15H2,1-2H3,(H2-,28,29,31,34,35,36);1H. The Morgan fingerprint density at radius 3 is 2.54 bits per heavy atom. The summed E-state index contributed by atoms with van der Waals surface area (Å²) < 4.78 is 1.63. The number of hydrogen-bond acceptors (Lipinski definition) is 7. The molecule has 2 heterocycles. The van der Waals surface area contributed by atoms with E-state index in [4.69, 9.17) is 0 Å². The molecule has 0 unspecified atom stereocenters. The van der Waals surface area contributed by atoms with Crippen molar-refractivity contribution in [2.75, 3.05) is 5.32 Å². The van der Waals surface area contributed by atoms with E-state index in [0.717, 1.165) is 11.1 Å². The molecule has 0 fully saturated rings. The lowest BCUT2D eigenvalue weighted by molar-refractivity contribution is -0.684. The normalized spacial score (nSPS) is 11.0. The van der Waals surface area contributed by atoms with Crippen molar-refractivity contribution in [3.8, 4) is 0 Å². The molecule has 39 heavy (non-hydrogen) atoms. The largest absolute Gasteiger partial charge is 1.00 e. The van der Waals surface area contributed by atoms with Gasteiger partial charge < -0.3 is 22.7 Å². The maximum absolute atomic E-state index is 13.2. The number of nitrogens with zero attached hydrogens (tertiary/aromatic N) is 4. The molecule has 4 aromatic rings. The number of amides is 2. The van der Waals surface area contributed by atoms with E-state index in [-0.39, 0.29) is 48.0 Å². The van der Waals surface area contributed by atoms with Gasteiger partial charge in [-0.05, 0) is 31.5 Å². The number of non-ortho nitro benzene ring substituents is 1. The van der Waals surface area contributed by atoms with Gasteiger partial charge in [0.05, 0.1) is 16.0 Å². The third-order valence-electron chi connectivity index (χ3n) is 5.60. The molecule has 2 aromatic carbocycles. The maximum atomic E-state index is 13.2. The first kappa shape index (κ1) is 28.6. The number of aromatic nitrogens is 3. The highest BCUT2D eigenvalue weighted by atomic mass is 35.5. The molecular formula is C26H24ClN7O5. The van der Waals surface area contributed by atoms with E-state index in [2.05, 4.69) is 25.8 Å². The van der Waals surface area contributed by atoms with Crippen LogP contribution in [0, 0.1) is 24.0 Å². The van der Waals surface area contributed by atoms with Gasteiger partial charge in [-0.25, -0.2) is 10.4 Å². The van der Waals surface area contributed by atoms with Gasteiger partial charge in [-0.2, -0.15) is 9.67 Å². The van der Waals surface area contributed by atoms with Crippen LogP contribution in [0.2, 0.25) is 0 Å². The molecule has 0 atom stereocenters. The van der Waals surface area contributed by atoms with Gasteiger partial charge in [0.1, 0.15) is 11.4 Å². The number of aromatic amines is 1. The fraction of sp³-hybridized carbons (Fsp3) is 0.154. The molecule has 200 valence electrons. The molecule has 4 rings (SSSR count). The Balaban J connectivity index is 0.00000420. The highest BCUT2D eigenvalue weighted by Crippen LogP contribution is 2.18. The van der Waals surface area contributed by atoms with Crippen molar-refractivity contribution in [2.24, 2.45) is 5.10 Å². The van der Waals surface area contributed by atoms with Crippen LogP contribution in [0.1, 0.15) is 16.8 Å². The van der Waals surface area contributed by atoms with Gasteiger partial charge >= 0.3 is 5.91 Å². The van der Waals surface area contributed by atoms with Crippen LogP contribution in [0.25, 0.3) is 11.0 Å². The molecule has 0 aliphatic rings. The molecule has 13 heteroatoms. The molecule has 0 aliphatic carbocycles. The minimum absolute atomic E-state index is 0. The third-order valence-corrected chi connectivity index (χ3v) is 5.60. The number of pyridine rings is 1. The number of hydrazone groups is 1. The van der Waals surface area contributed by atoms with E-state index >= 15 is 0 Å². The molecule has 2 amide bonds. The highest BCUT2D eigenvalue weighted by molar-refractivity contribution is 6.43. The number of rotatable bonds is 8. The minimum atomic E-state index is -0.642. The van der Waals surface area contributed by atoms with Crippen molar-refractivity contribution in [3.63, 3.8) is 0 Å². The predicted octanol–water partition coefficient (Wildman–Crippen LogP) is -0.907. The number of nitrogens with one attached hydrogen (secondary N) is 3. The maximum Gasteiger partial charge on any atom is 0.305 e. The summed E-state index contributed by atoms with van der Waals surface area (Å²) in [7, 11) is 0. The van der Waals surface area contributed by atoms with E-state index in [1.807, 2.05) is 32.0 Å². The van der Waals surface area contributed by atoms with Crippen LogP contribution in [0.5, 0.6) is 0 Å². The van der Waals surface area contributed by atoms with Gasteiger partial charge in [-0.1, -0.05) is 23.8 Å². The first-order chi connectivity index (χ1) is 18.2. The summed E-state index contributed by atoms with van der Waals surface area (Å²) in [5.41, 5.74) is 4.19. The van der Waals surface area contributed by atoms with Gasteiger partial charge in [0.15, 0.2) is 12.4 Å². The van der Waals surface area contributed by atoms with E-state index in [1.54, 1.807) is 35.2 Å². The second kappa shape index (κ2) is 12.5. The van der Waals surface area contributed by atoms with Crippen molar-refractivity contribution < 1.29 is 31.5 Å². The number of anilines is 1. The van der Waals surface area contributed by atoms with Gasteiger partial charge in [0, 0.05) is 36.4 Å². The average Bonchev–Trinajstić information content (AvgIpc) is 2.88. The van der Waals surface area contributed by atoms with Gasteiger partial charge in [-0.3, -0.25) is 24.5 Å². The number of halogens is 1. The van der Waals surface area contributed by atoms with Crippen LogP contribution in [0.4, 0.5) is 11.4 Å². The monoisotopic (exact) mass is 549 g/mol. The van der Waals surface area contributed by atoms with Crippen molar-refractivity contribution in [1.29, 1.82) is 0 Å². The quantitative estimate of drug-likeness (QED) is 0.111. The number of carbonyl (C=O) groups excluding carboxylic acids is 2. The number of nitro groups is 1. The molecular weight excluding hydrogens is 526 g/mol. The smallest absolute Gasteiger partial charge is 0.305 e. The Hall–Kier alpha value is -4.97. The Bertz CT molecular complexity index is 1640. The van der Waals surface area contributed by atoms with E-state index in [9.17, 15) is 24.5 Å². The summed E-state index contributed by atoms with van der Waals surface area (Å²) in [6.07, 6.45) is 3.11. The zero-order valence-corrected chi connectivity index (χ0v) is 21.7. The van der Waals surface area contributed by atoms with Crippen molar-refractivity contribution in [2.45, 2.75) is 26.8 Å². The molecule has 0 radical (unpaired) electrons. The number of H-pyrrole nitrogens is 1. The van der Waals surface area contributed by atoms with E-state index in [1.165, 1.54) is 18.2 Å². The zero-order valence-electron chi connectivity index (χ0n) is 21.0. The van der Waals surface area contributed by atoms with Gasteiger partial charge in [-0.15, -0.1) is 0 Å².